The average molecular weight is 1160 g/mol. The topological polar surface area (TPSA) is 95.9 Å². The molecule has 0 aromatic heterocycles. The smallest absolute Gasteiger partial charge is 0.305 e. The number of aliphatic hydroxyl groups excluding tert-OH is 2. The molecule has 0 saturated carbocycles. The van der Waals surface area contributed by atoms with Crippen LogP contribution in [0.2, 0.25) is 0 Å². The van der Waals surface area contributed by atoms with Gasteiger partial charge in [-0.3, -0.25) is 9.59 Å². The van der Waals surface area contributed by atoms with Crippen LogP contribution in [0.5, 0.6) is 0 Å². The molecule has 2 atom stereocenters. The maximum Gasteiger partial charge on any atom is 0.305 e. The third-order valence-corrected chi connectivity index (χ3v) is 18.1. The zero-order valence-corrected chi connectivity index (χ0v) is 56.0. The number of allylic oxidation sites excluding steroid dienone is 2. The number of ether oxygens (including phenoxy) is 1. The Morgan fingerprint density at radius 2 is 0.573 bits per heavy atom. The highest BCUT2D eigenvalue weighted by Gasteiger charge is 2.20. The molecule has 6 nitrogen and oxygen atoms in total. The second-order valence-electron chi connectivity index (χ2n) is 26.3. The van der Waals surface area contributed by atoms with E-state index in [4.69, 9.17) is 4.74 Å². The maximum atomic E-state index is 12.5. The van der Waals surface area contributed by atoms with Crippen molar-refractivity contribution in [3.05, 3.63) is 12.2 Å². The van der Waals surface area contributed by atoms with Crippen LogP contribution in [0.1, 0.15) is 438 Å². The molecule has 0 aromatic rings. The number of aliphatic hydroxyl groups is 2. The normalized spacial score (nSPS) is 12.5. The van der Waals surface area contributed by atoms with Crippen LogP contribution < -0.4 is 5.32 Å². The second-order valence-corrected chi connectivity index (χ2v) is 26.3. The van der Waals surface area contributed by atoms with E-state index < -0.39 is 12.1 Å². The van der Waals surface area contributed by atoms with Crippen molar-refractivity contribution in [3.8, 4) is 0 Å². The van der Waals surface area contributed by atoms with Crippen LogP contribution in [0.3, 0.4) is 0 Å². The van der Waals surface area contributed by atoms with Crippen LogP contribution in [0, 0.1) is 0 Å². The van der Waals surface area contributed by atoms with E-state index >= 15 is 0 Å². The van der Waals surface area contributed by atoms with Crippen LogP contribution in [0.15, 0.2) is 12.2 Å². The van der Waals surface area contributed by atoms with Crippen LogP contribution in [-0.4, -0.2) is 47.4 Å². The van der Waals surface area contributed by atoms with Gasteiger partial charge in [-0.25, -0.2) is 0 Å². The summed E-state index contributed by atoms with van der Waals surface area (Å²) >= 11 is 0. The van der Waals surface area contributed by atoms with Gasteiger partial charge in [0.05, 0.1) is 25.4 Å². The van der Waals surface area contributed by atoms with Crippen molar-refractivity contribution in [1.29, 1.82) is 0 Å². The molecule has 0 aromatic carbocycles. The highest BCUT2D eigenvalue weighted by molar-refractivity contribution is 5.76. The fourth-order valence-corrected chi connectivity index (χ4v) is 12.3. The number of carbonyl (C=O) groups excluding carboxylic acids is 2. The molecule has 3 N–H and O–H groups in total. The molecule has 0 bridgehead atoms. The van der Waals surface area contributed by atoms with Gasteiger partial charge in [-0.15, -0.1) is 0 Å². The predicted molar refractivity (Wildman–Crippen MR) is 361 cm³/mol. The third kappa shape index (κ3) is 67.7. The molecule has 0 spiro atoms. The van der Waals surface area contributed by atoms with Crippen molar-refractivity contribution in [2.45, 2.75) is 450 Å². The highest BCUT2D eigenvalue weighted by Crippen LogP contribution is 2.20. The largest absolute Gasteiger partial charge is 0.466 e. The second kappa shape index (κ2) is 72.1. The number of hydrogen-bond donors (Lipinski definition) is 3. The minimum atomic E-state index is -0.660. The molecule has 2 unspecified atom stereocenters. The predicted octanol–water partition coefficient (Wildman–Crippen LogP) is 24.7. The van der Waals surface area contributed by atoms with Crippen molar-refractivity contribution in [2.75, 3.05) is 13.2 Å². The van der Waals surface area contributed by atoms with Crippen LogP contribution >= 0.6 is 0 Å². The van der Waals surface area contributed by atoms with E-state index in [-0.39, 0.29) is 18.5 Å². The fourth-order valence-electron chi connectivity index (χ4n) is 12.3. The summed E-state index contributed by atoms with van der Waals surface area (Å²) in [5.74, 6) is -0.00354. The lowest BCUT2D eigenvalue weighted by Crippen LogP contribution is -2.45. The monoisotopic (exact) mass is 1160 g/mol. The van der Waals surface area contributed by atoms with E-state index in [1.54, 1.807) is 0 Å². The zero-order valence-electron chi connectivity index (χ0n) is 56.0. The molecule has 0 saturated heterocycles. The Morgan fingerprint density at radius 1 is 0.329 bits per heavy atom. The van der Waals surface area contributed by atoms with E-state index in [0.717, 1.165) is 38.5 Å². The lowest BCUT2D eigenvalue weighted by Gasteiger charge is -2.22. The SMILES string of the molecule is CCCCCCCCCCCCCCCCCCCCC(=O)OCCCCCCCCCCCCCCCC/C=C\CCCCCCCCCCCCCCCCCCCC(=O)NC(CO)C(O)CCCCCCCCCCCCCC. The molecular weight excluding hydrogens is 1010 g/mol. The van der Waals surface area contributed by atoms with Gasteiger partial charge in [0, 0.05) is 12.8 Å². The molecule has 0 aliphatic heterocycles. The van der Waals surface area contributed by atoms with E-state index in [9.17, 15) is 19.8 Å². The first-order chi connectivity index (χ1) is 40.5. The first kappa shape index (κ1) is 80.6. The molecule has 0 heterocycles. The summed E-state index contributed by atoms with van der Waals surface area (Å²) in [5, 5.41) is 23.3. The Morgan fingerprint density at radius 3 is 0.866 bits per heavy atom. The fraction of sp³-hybridized carbons (Fsp3) is 0.947. The Bertz CT molecular complexity index is 1240. The van der Waals surface area contributed by atoms with E-state index in [2.05, 4.69) is 31.3 Å². The molecule has 488 valence electrons. The molecule has 0 fully saturated rings. The highest BCUT2D eigenvalue weighted by atomic mass is 16.5. The number of amides is 1. The molecule has 82 heavy (non-hydrogen) atoms. The van der Waals surface area contributed by atoms with Gasteiger partial charge in [0.2, 0.25) is 5.91 Å². The number of nitrogens with one attached hydrogen (secondary N) is 1. The summed E-state index contributed by atoms with van der Waals surface area (Å²) in [4.78, 5) is 24.6. The summed E-state index contributed by atoms with van der Waals surface area (Å²) in [6.07, 6.45) is 90.2. The van der Waals surface area contributed by atoms with Gasteiger partial charge in [0.15, 0.2) is 0 Å². The van der Waals surface area contributed by atoms with Gasteiger partial charge < -0.3 is 20.3 Å². The lowest BCUT2D eigenvalue weighted by molar-refractivity contribution is -0.143. The summed E-state index contributed by atoms with van der Waals surface area (Å²) in [7, 11) is 0. The minimum absolute atomic E-state index is 0.0257. The maximum absolute atomic E-state index is 12.5. The van der Waals surface area contributed by atoms with Gasteiger partial charge in [0.1, 0.15) is 0 Å². The van der Waals surface area contributed by atoms with Gasteiger partial charge in [-0.2, -0.15) is 0 Å². The molecular formula is C76H149NO5. The van der Waals surface area contributed by atoms with Crippen molar-refractivity contribution >= 4 is 11.9 Å². The number of carbonyl (C=O) groups is 2. The zero-order chi connectivity index (χ0) is 59.2. The Kier molecular flexibility index (Phi) is 70.8. The van der Waals surface area contributed by atoms with E-state index in [1.165, 1.54) is 366 Å². The summed E-state index contributed by atoms with van der Waals surface area (Å²) < 4.78 is 5.52. The molecule has 0 aliphatic carbocycles. The molecule has 0 aliphatic rings. The Labute approximate surface area is 514 Å². The summed E-state index contributed by atoms with van der Waals surface area (Å²) in [5.41, 5.74) is 0. The molecule has 0 radical (unpaired) electrons. The van der Waals surface area contributed by atoms with Crippen molar-refractivity contribution in [3.63, 3.8) is 0 Å². The molecule has 6 heteroatoms. The first-order valence-electron chi connectivity index (χ1n) is 37.9. The van der Waals surface area contributed by atoms with E-state index in [1.807, 2.05) is 0 Å². The van der Waals surface area contributed by atoms with Crippen molar-refractivity contribution < 1.29 is 24.5 Å². The first-order valence-corrected chi connectivity index (χ1v) is 37.9. The van der Waals surface area contributed by atoms with Crippen LogP contribution in [0.25, 0.3) is 0 Å². The number of unbranched alkanes of at least 4 members (excludes halogenated alkanes) is 59. The third-order valence-electron chi connectivity index (χ3n) is 18.1. The number of rotatable bonds is 72. The minimum Gasteiger partial charge on any atom is -0.466 e. The van der Waals surface area contributed by atoms with Gasteiger partial charge in [0.25, 0.3) is 0 Å². The standard InChI is InChI=1S/C76H149NO5/c1-3-5-7-9-11-13-15-17-18-19-40-43-46-50-54-58-62-66-70-76(81)82-71-67-63-59-55-51-47-44-41-38-36-34-32-30-28-26-24-22-20-21-23-25-27-29-31-33-35-37-39-42-45-49-53-57-61-65-69-75(80)77-73(72-78)74(79)68-64-60-56-52-48-16-14-12-10-8-6-4-2/h22,24,73-74,78-79H,3-21,23,25-72H2,1-2H3,(H,77,80)/b24-22-. The summed E-state index contributed by atoms with van der Waals surface area (Å²) in [6, 6.07) is -0.537. The van der Waals surface area contributed by atoms with Crippen molar-refractivity contribution in [2.24, 2.45) is 0 Å². The van der Waals surface area contributed by atoms with Crippen LogP contribution in [-0.2, 0) is 14.3 Å². The Balaban J connectivity index is 3.30. The quantitative estimate of drug-likeness (QED) is 0.0320. The lowest BCUT2D eigenvalue weighted by atomic mass is 10.0. The van der Waals surface area contributed by atoms with E-state index in [0.29, 0.717) is 25.9 Å². The number of esters is 1. The molecule has 0 rings (SSSR count). The van der Waals surface area contributed by atoms with Crippen LogP contribution in [0.4, 0.5) is 0 Å². The van der Waals surface area contributed by atoms with Gasteiger partial charge in [-0.1, -0.05) is 386 Å². The summed E-state index contributed by atoms with van der Waals surface area (Å²) in [6.45, 7) is 5.00. The van der Waals surface area contributed by atoms with Crippen molar-refractivity contribution in [1.82, 2.24) is 5.32 Å². The molecule has 1 amide bonds. The number of hydrogen-bond acceptors (Lipinski definition) is 5. The average Bonchev–Trinajstić information content (AvgIpc) is 3.48. The van der Waals surface area contributed by atoms with Gasteiger partial charge in [-0.05, 0) is 51.4 Å². The van der Waals surface area contributed by atoms with Gasteiger partial charge >= 0.3 is 5.97 Å². The Hall–Kier alpha value is -1.40.